The van der Waals surface area contributed by atoms with Gasteiger partial charge in [-0.15, -0.1) is 0 Å². The van der Waals surface area contributed by atoms with Gasteiger partial charge in [-0.3, -0.25) is 4.79 Å². The molecule has 4 nitrogen and oxygen atoms in total. The number of aryl methyl sites for hydroxylation is 2. The molecule has 5 rings (SSSR count). The van der Waals surface area contributed by atoms with Crippen LogP contribution in [0.15, 0.2) is 12.1 Å². The molecule has 0 radical (unpaired) electrons. The van der Waals surface area contributed by atoms with Gasteiger partial charge in [-0.25, -0.2) is 0 Å². The second kappa shape index (κ2) is 7.75. The summed E-state index contributed by atoms with van der Waals surface area (Å²) in [5.41, 5.74) is 3.83. The third-order valence-corrected chi connectivity index (χ3v) is 9.85. The van der Waals surface area contributed by atoms with Crippen molar-refractivity contribution in [2.75, 3.05) is 20.3 Å². The Balaban J connectivity index is 1.40. The SMILES string of the molecule is COCCOc1cc2c(cc1C)C1CCC3(C)C(CC[C@@]34CCC(C)(C)C(=O)O4)C1CC2. The first-order valence-corrected chi connectivity index (χ1v) is 12.7. The minimum Gasteiger partial charge on any atom is -0.491 e. The third-order valence-electron chi connectivity index (χ3n) is 9.85. The fourth-order valence-electron chi connectivity index (χ4n) is 7.76. The molecule has 5 atom stereocenters. The molecule has 0 bridgehead atoms. The van der Waals surface area contributed by atoms with Gasteiger partial charge in [0.05, 0.1) is 12.0 Å². The van der Waals surface area contributed by atoms with E-state index in [9.17, 15) is 4.79 Å². The van der Waals surface area contributed by atoms with Crippen molar-refractivity contribution in [1.29, 1.82) is 0 Å². The van der Waals surface area contributed by atoms with Crippen LogP contribution in [0.3, 0.4) is 0 Å². The molecule has 4 unspecified atom stereocenters. The lowest BCUT2D eigenvalue weighted by Crippen LogP contribution is -2.56. The average Bonchev–Trinajstić information content (AvgIpc) is 3.04. The Hall–Kier alpha value is -1.55. The molecule has 32 heavy (non-hydrogen) atoms. The van der Waals surface area contributed by atoms with Crippen molar-refractivity contribution >= 4 is 5.97 Å². The van der Waals surface area contributed by atoms with Crippen molar-refractivity contribution in [3.8, 4) is 5.75 Å². The molecule has 176 valence electrons. The summed E-state index contributed by atoms with van der Waals surface area (Å²) in [6, 6.07) is 4.70. The molecule has 1 spiro atoms. The maximum Gasteiger partial charge on any atom is 0.312 e. The Morgan fingerprint density at radius 3 is 2.59 bits per heavy atom. The van der Waals surface area contributed by atoms with Crippen molar-refractivity contribution in [3.63, 3.8) is 0 Å². The lowest BCUT2D eigenvalue weighted by molar-refractivity contribution is -0.206. The van der Waals surface area contributed by atoms with Crippen LogP contribution in [0, 0.1) is 29.6 Å². The van der Waals surface area contributed by atoms with E-state index < -0.39 is 0 Å². The van der Waals surface area contributed by atoms with Gasteiger partial charge in [0.15, 0.2) is 0 Å². The van der Waals surface area contributed by atoms with Gasteiger partial charge in [-0.2, -0.15) is 0 Å². The molecule has 4 heteroatoms. The number of ether oxygens (including phenoxy) is 3. The fourth-order valence-corrected chi connectivity index (χ4v) is 7.76. The number of rotatable bonds is 4. The van der Waals surface area contributed by atoms with E-state index in [2.05, 4.69) is 26.0 Å². The fraction of sp³-hybridized carbons (Fsp3) is 0.750. The summed E-state index contributed by atoms with van der Waals surface area (Å²) in [4.78, 5) is 12.9. The van der Waals surface area contributed by atoms with Crippen molar-refractivity contribution in [2.24, 2.45) is 22.7 Å². The van der Waals surface area contributed by atoms with Gasteiger partial charge in [0.25, 0.3) is 0 Å². The topological polar surface area (TPSA) is 44.8 Å². The Bertz CT molecular complexity index is 905. The van der Waals surface area contributed by atoms with E-state index in [1.165, 1.54) is 30.4 Å². The molecule has 2 saturated carbocycles. The Kier molecular flexibility index (Phi) is 5.39. The van der Waals surface area contributed by atoms with Gasteiger partial charge in [-0.1, -0.05) is 13.0 Å². The minimum absolute atomic E-state index is 0.0263. The molecule has 4 aliphatic rings. The number of methoxy groups -OCH3 is 1. The van der Waals surface area contributed by atoms with Crippen molar-refractivity contribution in [1.82, 2.24) is 0 Å². The number of carbonyl (C=O) groups is 1. The number of carbonyl (C=O) groups excluding carboxylic acids is 1. The lowest BCUT2D eigenvalue weighted by atomic mass is 9.52. The van der Waals surface area contributed by atoms with Crippen LogP contribution in [0.25, 0.3) is 0 Å². The molecule has 1 heterocycles. The van der Waals surface area contributed by atoms with Crippen LogP contribution in [0.4, 0.5) is 0 Å². The second-order valence-corrected chi connectivity index (χ2v) is 11.8. The lowest BCUT2D eigenvalue weighted by Gasteiger charge is -2.56. The van der Waals surface area contributed by atoms with Crippen molar-refractivity contribution in [3.05, 3.63) is 28.8 Å². The summed E-state index contributed by atoms with van der Waals surface area (Å²) < 4.78 is 17.5. The average molecular weight is 441 g/mol. The maximum atomic E-state index is 12.9. The van der Waals surface area contributed by atoms with Crippen molar-refractivity contribution < 1.29 is 19.0 Å². The van der Waals surface area contributed by atoms with Crippen LogP contribution in [-0.4, -0.2) is 31.9 Å². The Labute approximate surface area is 193 Å². The van der Waals surface area contributed by atoms with E-state index >= 15 is 0 Å². The quantitative estimate of drug-likeness (QED) is 0.427. The molecule has 0 N–H and O–H groups in total. The highest BCUT2D eigenvalue weighted by molar-refractivity contribution is 5.77. The number of benzene rings is 1. The zero-order valence-electron chi connectivity index (χ0n) is 20.6. The third kappa shape index (κ3) is 3.23. The van der Waals surface area contributed by atoms with Crippen molar-refractivity contribution in [2.45, 2.75) is 90.6 Å². The van der Waals surface area contributed by atoms with Crippen LogP contribution in [-0.2, 0) is 20.7 Å². The summed E-state index contributed by atoms with van der Waals surface area (Å²) >= 11 is 0. The van der Waals surface area contributed by atoms with Gasteiger partial charge in [-0.05, 0) is 113 Å². The molecule has 0 amide bonds. The van der Waals surface area contributed by atoms with Gasteiger partial charge < -0.3 is 14.2 Å². The molecule has 1 aliphatic heterocycles. The smallest absolute Gasteiger partial charge is 0.312 e. The molecule has 1 aromatic carbocycles. The Morgan fingerprint density at radius 1 is 1.03 bits per heavy atom. The molecule has 3 aliphatic carbocycles. The normalized spacial score (nSPS) is 37.4. The van der Waals surface area contributed by atoms with E-state index in [-0.39, 0.29) is 22.4 Å². The standard InChI is InChI=1S/C28H40O4/c1-18-16-22-19(17-24(18)31-15-14-30-5)6-7-21-20(22)8-10-27(4)23(21)9-11-28(27)13-12-26(2,3)25(29)32-28/h16-17,20-21,23H,6-15H2,1-5H3/t20?,21?,23?,27?,28-/m1/s1. The predicted octanol–water partition coefficient (Wildman–Crippen LogP) is 5.98. The van der Waals surface area contributed by atoms with Gasteiger partial charge in [0.2, 0.25) is 0 Å². The monoisotopic (exact) mass is 440 g/mol. The highest BCUT2D eigenvalue weighted by Crippen LogP contribution is 2.67. The van der Waals surface area contributed by atoms with E-state index in [0.29, 0.717) is 31.0 Å². The van der Waals surface area contributed by atoms with Crippen LogP contribution < -0.4 is 4.74 Å². The summed E-state index contributed by atoms with van der Waals surface area (Å²) in [5.74, 6) is 3.03. The number of hydrogen-bond acceptors (Lipinski definition) is 4. The molecule has 0 aromatic heterocycles. The molecular weight excluding hydrogens is 400 g/mol. The summed E-state index contributed by atoms with van der Waals surface area (Å²) in [6.07, 6.45) is 8.99. The first-order chi connectivity index (χ1) is 15.2. The number of hydrogen-bond donors (Lipinski definition) is 0. The second-order valence-electron chi connectivity index (χ2n) is 11.8. The summed E-state index contributed by atoms with van der Waals surface area (Å²) in [6.45, 7) is 9.93. The minimum atomic E-state index is -0.332. The van der Waals surface area contributed by atoms with E-state index in [1.54, 1.807) is 12.7 Å². The van der Waals surface area contributed by atoms with Crippen LogP contribution >= 0.6 is 0 Å². The number of fused-ring (bicyclic) bond motifs is 6. The molecular formula is C28H40O4. The maximum absolute atomic E-state index is 12.9. The molecule has 3 fully saturated rings. The first-order valence-electron chi connectivity index (χ1n) is 12.7. The first kappa shape index (κ1) is 22.3. The Morgan fingerprint density at radius 2 is 1.84 bits per heavy atom. The van der Waals surface area contributed by atoms with Gasteiger partial charge in [0.1, 0.15) is 18.0 Å². The van der Waals surface area contributed by atoms with Gasteiger partial charge in [0, 0.05) is 12.5 Å². The predicted molar refractivity (Wildman–Crippen MR) is 125 cm³/mol. The van der Waals surface area contributed by atoms with Crippen LogP contribution in [0.2, 0.25) is 0 Å². The molecule has 1 saturated heterocycles. The highest BCUT2D eigenvalue weighted by Gasteiger charge is 2.65. The van der Waals surface area contributed by atoms with Crippen LogP contribution in [0.5, 0.6) is 5.75 Å². The van der Waals surface area contributed by atoms with Gasteiger partial charge >= 0.3 is 5.97 Å². The zero-order chi connectivity index (χ0) is 22.7. The highest BCUT2D eigenvalue weighted by atomic mass is 16.6. The van der Waals surface area contributed by atoms with E-state index in [1.807, 2.05) is 13.8 Å². The molecule has 1 aromatic rings. The zero-order valence-corrected chi connectivity index (χ0v) is 20.6. The summed E-state index contributed by atoms with van der Waals surface area (Å²) in [5, 5.41) is 0. The van der Waals surface area contributed by atoms with E-state index in [0.717, 1.165) is 37.9 Å². The van der Waals surface area contributed by atoms with Crippen LogP contribution in [0.1, 0.15) is 88.3 Å². The summed E-state index contributed by atoms with van der Waals surface area (Å²) in [7, 11) is 1.71. The largest absolute Gasteiger partial charge is 0.491 e. The number of esters is 1. The van der Waals surface area contributed by atoms with E-state index in [4.69, 9.17) is 14.2 Å².